The Kier molecular flexibility index (Phi) is 4.74. The quantitative estimate of drug-likeness (QED) is 0.435. The number of rotatable bonds is 5. The summed E-state index contributed by atoms with van der Waals surface area (Å²) in [5.41, 5.74) is 12.2. The number of fused-ring (bicyclic) bond motifs is 1. The summed E-state index contributed by atoms with van der Waals surface area (Å²) in [6, 6.07) is 5.92. The van der Waals surface area contributed by atoms with E-state index >= 15 is 0 Å². The minimum atomic E-state index is -4.67. The number of oxazole rings is 1. The van der Waals surface area contributed by atoms with E-state index in [-0.39, 0.29) is 28.9 Å². The number of carbonyl (C=O) groups excluding carboxylic acids is 1. The van der Waals surface area contributed by atoms with E-state index in [2.05, 4.69) is 4.98 Å². The van der Waals surface area contributed by atoms with Crippen LogP contribution < -0.4 is 16.2 Å². The van der Waals surface area contributed by atoms with Crippen molar-refractivity contribution < 1.29 is 27.1 Å². The van der Waals surface area contributed by atoms with Crippen LogP contribution in [0.4, 0.5) is 19.2 Å². The molecule has 6 rings (SSSR count). The first-order valence-electron chi connectivity index (χ1n) is 11.4. The predicted octanol–water partition coefficient (Wildman–Crippen LogP) is 4.28. The van der Waals surface area contributed by atoms with Gasteiger partial charge in [-0.05, 0) is 61.4 Å². The molecule has 1 atom stereocenters. The van der Waals surface area contributed by atoms with Gasteiger partial charge < -0.3 is 25.2 Å². The summed E-state index contributed by atoms with van der Waals surface area (Å²) in [4.78, 5) is 20.6. The number of nitrogens with two attached hydrogens (primary N) is 2. The van der Waals surface area contributed by atoms with E-state index in [1.54, 1.807) is 0 Å². The molecule has 11 heteroatoms. The lowest BCUT2D eigenvalue weighted by Gasteiger charge is -2.14. The van der Waals surface area contributed by atoms with Crippen LogP contribution in [0, 0.1) is 11.8 Å². The highest BCUT2D eigenvalue weighted by Gasteiger charge is 2.37. The second-order valence-electron chi connectivity index (χ2n) is 9.22. The molecule has 2 aliphatic rings. The van der Waals surface area contributed by atoms with E-state index < -0.39 is 17.3 Å². The number of carbonyl (C=O) groups is 1. The van der Waals surface area contributed by atoms with Gasteiger partial charge in [0.05, 0.1) is 12.1 Å². The average molecular weight is 485 g/mol. The van der Waals surface area contributed by atoms with Crippen molar-refractivity contribution in [2.75, 3.05) is 12.3 Å². The highest BCUT2D eigenvalue weighted by Crippen LogP contribution is 2.42. The molecule has 2 aromatic carbocycles. The molecule has 35 heavy (non-hydrogen) atoms. The Hall–Kier alpha value is -3.76. The number of alkyl halides is 3. The molecule has 2 aromatic heterocycles. The number of halogens is 3. The zero-order valence-corrected chi connectivity index (χ0v) is 18.6. The third kappa shape index (κ3) is 3.75. The van der Waals surface area contributed by atoms with Gasteiger partial charge in [0.1, 0.15) is 28.2 Å². The number of hydrogen-bond acceptors (Lipinski definition) is 6. The fourth-order valence-electron chi connectivity index (χ4n) is 5.00. The van der Waals surface area contributed by atoms with Crippen LogP contribution in [0.2, 0.25) is 0 Å². The van der Waals surface area contributed by atoms with Crippen LogP contribution >= 0.6 is 0 Å². The van der Waals surface area contributed by atoms with Gasteiger partial charge in [0.15, 0.2) is 5.58 Å². The summed E-state index contributed by atoms with van der Waals surface area (Å²) in [7, 11) is 0. The number of anilines is 1. The van der Waals surface area contributed by atoms with Gasteiger partial charge in [0.25, 0.3) is 6.01 Å². The smallest absolute Gasteiger partial charge is 0.420 e. The summed E-state index contributed by atoms with van der Waals surface area (Å²) in [6.45, 7) is 0.971. The fraction of sp³-hybridized carbons (Fsp3) is 0.375. The Morgan fingerprint density at radius 2 is 1.97 bits per heavy atom. The Morgan fingerprint density at radius 3 is 2.69 bits per heavy atom. The molecular formula is C24H22F3N5O3. The van der Waals surface area contributed by atoms with Gasteiger partial charge >= 0.3 is 6.18 Å². The molecule has 1 aliphatic carbocycles. The largest absolute Gasteiger partial charge is 0.491 e. The first kappa shape index (κ1) is 21.8. The summed E-state index contributed by atoms with van der Waals surface area (Å²) < 4.78 is 54.4. The number of imidazole rings is 1. The number of primary amides is 1. The van der Waals surface area contributed by atoms with Gasteiger partial charge in [-0.3, -0.25) is 4.79 Å². The Labute approximate surface area is 197 Å². The van der Waals surface area contributed by atoms with Gasteiger partial charge in [-0.15, -0.1) is 0 Å². The third-order valence-electron chi connectivity index (χ3n) is 6.73. The van der Waals surface area contributed by atoms with Crippen LogP contribution in [0.3, 0.4) is 0 Å². The summed E-state index contributed by atoms with van der Waals surface area (Å²) in [5.74, 6) is 0.660. The van der Waals surface area contributed by atoms with E-state index in [4.69, 9.17) is 25.6 Å². The predicted molar refractivity (Wildman–Crippen MR) is 121 cm³/mol. The SMILES string of the molecule is NC(=O)[C@@H](Cc1cc2c3c(c1)nc(-c1cc(C(F)(F)F)c4oc(N)nc4c1)n3CCCO2)C1CC1. The third-order valence-corrected chi connectivity index (χ3v) is 6.73. The molecule has 0 spiro atoms. The molecule has 4 aromatic rings. The van der Waals surface area contributed by atoms with Crippen molar-refractivity contribution in [3.8, 4) is 17.1 Å². The number of nitrogen functional groups attached to an aromatic ring is 1. The normalized spacial score (nSPS) is 16.9. The average Bonchev–Trinajstić information content (AvgIpc) is 3.50. The molecule has 3 heterocycles. The van der Waals surface area contributed by atoms with Crippen LogP contribution in [-0.4, -0.2) is 27.0 Å². The Bertz CT molecular complexity index is 1490. The minimum Gasteiger partial charge on any atom is -0.491 e. The number of aromatic nitrogens is 3. The molecule has 0 saturated heterocycles. The second kappa shape index (κ2) is 7.62. The Morgan fingerprint density at radius 1 is 1.17 bits per heavy atom. The topological polar surface area (TPSA) is 122 Å². The maximum atomic E-state index is 13.8. The maximum Gasteiger partial charge on any atom is 0.420 e. The van der Waals surface area contributed by atoms with Crippen LogP contribution in [0.15, 0.2) is 28.7 Å². The van der Waals surface area contributed by atoms with Crippen molar-refractivity contribution >= 4 is 34.1 Å². The highest BCUT2D eigenvalue weighted by molar-refractivity contribution is 5.90. The van der Waals surface area contributed by atoms with Gasteiger partial charge in [0, 0.05) is 18.0 Å². The molecule has 0 bridgehead atoms. The van der Waals surface area contributed by atoms with Gasteiger partial charge in [-0.25, -0.2) is 4.98 Å². The Balaban J connectivity index is 1.52. The number of nitrogens with zero attached hydrogens (tertiary/aromatic N) is 3. The molecule has 0 radical (unpaired) electrons. The number of aryl methyl sites for hydroxylation is 1. The lowest BCUT2D eigenvalue weighted by atomic mass is 9.94. The van der Waals surface area contributed by atoms with Crippen LogP contribution in [-0.2, 0) is 23.9 Å². The zero-order chi connectivity index (χ0) is 24.5. The molecule has 1 fully saturated rings. The van der Waals surface area contributed by atoms with Gasteiger partial charge in [0.2, 0.25) is 5.91 Å². The van der Waals surface area contributed by atoms with Crippen molar-refractivity contribution in [3.05, 3.63) is 35.4 Å². The molecule has 1 saturated carbocycles. The lowest BCUT2D eigenvalue weighted by molar-refractivity contribution is -0.136. The van der Waals surface area contributed by atoms with E-state index in [1.807, 2.05) is 16.7 Å². The number of hydrogen-bond donors (Lipinski definition) is 2. The number of amides is 1. The van der Waals surface area contributed by atoms with Crippen molar-refractivity contribution in [1.29, 1.82) is 0 Å². The van der Waals surface area contributed by atoms with Crippen LogP contribution in [0.5, 0.6) is 5.75 Å². The van der Waals surface area contributed by atoms with E-state index in [1.165, 1.54) is 6.07 Å². The molecule has 1 amide bonds. The van der Waals surface area contributed by atoms with E-state index in [9.17, 15) is 18.0 Å². The van der Waals surface area contributed by atoms with Crippen LogP contribution in [0.1, 0.15) is 30.4 Å². The number of ether oxygens (including phenoxy) is 1. The van der Waals surface area contributed by atoms with Gasteiger partial charge in [-0.2, -0.15) is 18.2 Å². The summed E-state index contributed by atoms with van der Waals surface area (Å²) in [5, 5.41) is 0. The molecule has 8 nitrogen and oxygen atoms in total. The van der Waals surface area contributed by atoms with E-state index in [0.29, 0.717) is 54.5 Å². The lowest BCUT2D eigenvalue weighted by Crippen LogP contribution is -2.26. The molecular weight excluding hydrogens is 463 g/mol. The first-order chi connectivity index (χ1) is 16.7. The second-order valence-corrected chi connectivity index (χ2v) is 9.22. The first-order valence-corrected chi connectivity index (χ1v) is 11.4. The van der Waals surface area contributed by atoms with Crippen molar-refractivity contribution in [3.63, 3.8) is 0 Å². The standard InChI is InChI=1S/C24H22F3N5O3/c25-24(26,27)15-9-13(10-17-20(15)35-23(29)31-17)22-30-16-7-11(6-14(21(28)33)12-2-3-12)8-18-19(16)32(22)4-1-5-34-18/h7-10,12,14H,1-6H2,(H2,28,33)(H2,29,31)/t14-/m0/s1. The molecule has 1 aliphatic heterocycles. The van der Waals surface area contributed by atoms with Crippen molar-refractivity contribution in [2.24, 2.45) is 17.6 Å². The molecule has 0 unspecified atom stereocenters. The minimum absolute atomic E-state index is 0.00620. The summed E-state index contributed by atoms with van der Waals surface area (Å²) >= 11 is 0. The maximum absolute atomic E-state index is 13.8. The molecule has 182 valence electrons. The van der Waals surface area contributed by atoms with Crippen molar-refractivity contribution in [1.82, 2.24) is 14.5 Å². The van der Waals surface area contributed by atoms with E-state index in [0.717, 1.165) is 24.5 Å². The molecule has 4 N–H and O–H groups in total. The monoisotopic (exact) mass is 485 g/mol. The fourth-order valence-corrected chi connectivity index (χ4v) is 5.00. The van der Waals surface area contributed by atoms with Crippen LogP contribution in [0.25, 0.3) is 33.5 Å². The van der Waals surface area contributed by atoms with Crippen molar-refractivity contribution in [2.45, 2.75) is 38.4 Å². The highest BCUT2D eigenvalue weighted by atomic mass is 19.4. The number of benzene rings is 2. The zero-order valence-electron chi connectivity index (χ0n) is 18.6. The summed E-state index contributed by atoms with van der Waals surface area (Å²) in [6.07, 6.45) is -1.58. The van der Waals surface area contributed by atoms with Gasteiger partial charge in [-0.1, -0.05) is 0 Å².